The molecule has 92 valence electrons. The maximum atomic E-state index is 4.34. The SMILES string of the molecule is CCCNC(CCc1nccs1)CC(C)C. The minimum Gasteiger partial charge on any atom is -0.314 e. The lowest BCUT2D eigenvalue weighted by Gasteiger charge is -2.19. The van der Waals surface area contributed by atoms with Gasteiger partial charge in [0.2, 0.25) is 0 Å². The second-order valence-electron chi connectivity index (χ2n) is 4.75. The van der Waals surface area contributed by atoms with Crippen LogP contribution in [0.25, 0.3) is 0 Å². The summed E-state index contributed by atoms with van der Waals surface area (Å²) in [5, 5.41) is 6.97. The minimum absolute atomic E-state index is 0.656. The van der Waals surface area contributed by atoms with Crippen LogP contribution in [0.1, 0.15) is 45.0 Å². The molecule has 0 aromatic carbocycles. The van der Waals surface area contributed by atoms with Crippen molar-refractivity contribution in [1.82, 2.24) is 10.3 Å². The Bertz CT molecular complexity index is 257. The van der Waals surface area contributed by atoms with Crippen molar-refractivity contribution in [3.8, 4) is 0 Å². The summed E-state index contributed by atoms with van der Waals surface area (Å²) in [6.45, 7) is 7.95. The summed E-state index contributed by atoms with van der Waals surface area (Å²) in [5.74, 6) is 0.769. The molecule has 1 rings (SSSR count). The lowest BCUT2D eigenvalue weighted by atomic mass is 10.00. The normalized spacial score (nSPS) is 13.2. The van der Waals surface area contributed by atoms with Gasteiger partial charge in [0, 0.05) is 24.0 Å². The zero-order valence-electron chi connectivity index (χ0n) is 10.7. The fraction of sp³-hybridized carbons (Fsp3) is 0.769. The van der Waals surface area contributed by atoms with Gasteiger partial charge in [0.1, 0.15) is 0 Å². The summed E-state index contributed by atoms with van der Waals surface area (Å²) in [6.07, 6.45) is 6.71. The highest BCUT2D eigenvalue weighted by molar-refractivity contribution is 7.09. The number of nitrogens with one attached hydrogen (secondary N) is 1. The molecule has 0 aliphatic heterocycles. The molecule has 0 radical (unpaired) electrons. The molecule has 0 spiro atoms. The first-order valence-corrected chi connectivity index (χ1v) is 7.22. The molecule has 3 heteroatoms. The van der Waals surface area contributed by atoms with E-state index in [-0.39, 0.29) is 0 Å². The lowest BCUT2D eigenvalue weighted by Crippen LogP contribution is -2.31. The highest BCUT2D eigenvalue weighted by atomic mass is 32.1. The van der Waals surface area contributed by atoms with E-state index in [2.05, 4.69) is 36.5 Å². The molecule has 0 bridgehead atoms. The van der Waals surface area contributed by atoms with Crippen molar-refractivity contribution in [1.29, 1.82) is 0 Å². The van der Waals surface area contributed by atoms with Crippen molar-refractivity contribution in [2.45, 2.75) is 52.5 Å². The van der Waals surface area contributed by atoms with Crippen LogP contribution in [0, 0.1) is 5.92 Å². The van der Waals surface area contributed by atoms with Gasteiger partial charge in [-0.3, -0.25) is 0 Å². The molecule has 1 aromatic heterocycles. The standard InChI is InChI=1S/C13H24N2S/c1-4-7-14-12(10-11(2)3)5-6-13-15-8-9-16-13/h8-9,11-12,14H,4-7,10H2,1-3H3. The van der Waals surface area contributed by atoms with Gasteiger partial charge >= 0.3 is 0 Å². The number of thiazole rings is 1. The van der Waals surface area contributed by atoms with Crippen molar-refractivity contribution in [3.05, 3.63) is 16.6 Å². The van der Waals surface area contributed by atoms with Crippen LogP contribution in [0.3, 0.4) is 0 Å². The highest BCUT2D eigenvalue weighted by Gasteiger charge is 2.10. The summed E-state index contributed by atoms with van der Waals surface area (Å²) < 4.78 is 0. The first-order chi connectivity index (χ1) is 7.72. The molecule has 1 unspecified atom stereocenters. The third kappa shape index (κ3) is 5.61. The van der Waals surface area contributed by atoms with Crippen molar-refractivity contribution in [3.63, 3.8) is 0 Å². The zero-order chi connectivity index (χ0) is 11.8. The van der Waals surface area contributed by atoms with Crippen LogP contribution in [0.15, 0.2) is 11.6 Å². The van der Waals surface area contributed by atoms with Crippen molar-refractivity contribution < 1.29 is 0 Å². The molecule has 0 fully saturated rings. The predicted molar refractivity (Wildman–Crippen MR) is 72.0 cm³/mol. The van der Waals surface area contributed by atoms with Crippen LogP contribution in [-0.2, 0) is 6.42 Å². The Kier molecular flexibility index (Phi) is 6.65. The van der Waals surface area contributed by atoms with Gasteiger partial charge in [-0.15, -0.1) is 11.3 Å². The Balaban J connectivity index is 2.31. The minimum atomic E-state index is 0.656. The first kappa shape index (κ1) is 13.7. The number of nitrogens with zero attached hydrogens (tertiary/aromatic N) is 1. The first-order valence-electron chi connectivity index (χ1n) is 6.34. The Morgan fingerprint density at radius 1 is 1.44 bits per heavy atom. The molecule has 0 saturated carbocycles. The van der Waals surface area contributed by atoms with Crippen LogP contribution >= 0.6 is 11.3 Å². The fourth-order valence-corrected chi connectivity index (χ4v) is 2.53. The average Bonchev–Trinajstić information content (AvgIpc) is 2.74. The number of aryl methyl sites for hydroxylation is 1. The summed E-state index contributed by atoms with van der Waals surface area (Å²) in [6, 6.07) is 0.656. The van der Waals surface area contributed by atoms with Crippen molar-refractivity contribution in [2.24, 2.45) is 5.92 Å². The Morgan fingerprint density at radius 2 is 2.25 bits per heavy atom. The molecule has 1 heterocycles. The molecule has 2 nitrogen and oxygen atoms in total. The molecular weight excluding hydrogens is 216 g/mol. The third-order valence-corrected chi connectivity index (χ3v) is 3.47. The maximum absolute atomic E-state index is 4.34. The van der Waals surface area contributed by atoms with E-state index >= 15 is 0 Å². The van der Waals surface area contributed by atoms with E-state index in [1.54, 1.807) is 11.3 Å². The van der Waals surface area contributed by atoms with Crippen molar-refractivity contribution in [2.75, 3.05) is 6.54 Å². The summed E-state index contributed by atoms with van der Waals surface area (Å²) in [5.41, 5.74) is 0. The van der Waals surface area contributed by atoms with E-state index < -0.39 is 0 Å². The van der Waals surface area contributed by atoms with Gasteiger partial charge in [-0.1, -0.05) is 20.8 Å². The molecule has 0 aliphatic rings. The lowest BCUT2D eigenvalue weighted by molar-refractivity contribution is 0.398. The Hall–Kier alpha value is -0.410. The molecule has 0 aliphatic carbocycles. The summed E-state index contributed by atoms with van der Waals surface area (Å²) in [7, 11) is 0. The fourth-order valence-electron chi connectivity index (χ4n) is 1.89. The monoisotopic (exact) mass is 240 g/mol. The van der Waals surface area contributed by atoms with Gasteiger partial charge in [-0.05, 0) is 31.7 Å². The molecule has 1 atom stereocenters. The van der Waals surface area contributed by atoms with E-state index in [4.69, 9.17) is 0 Å². The summed E-state index contributed by atoms with van der Waals surface area (Å²) >= 11 is 1.77. The number of hydrogen-bond acceptors (Lipinski definition) is 3. The Labute approximate surface area is 103 Å². The van der Waals surface area contributed by atoms with Gasteiger partial charge in [-0.2, -0.15) is 0 Å². The molecular formula is C13H24N2S. The number of rotatable bonds is 8. The quantitative estimate of drug-likeness (QED) is 0.752. The van der Waals surface area contributed by atoms with Gasteiger partial charge in [0.05, 0.1) is 5.01 Å². The predicted octanol–water partition coefficient (Wildman–Crippen LogP) is 3.49. The van der Waals surface area contributed by atoms with Crippen LogP contribution < -0.4 is 5.32 Å². The highest BCUT2D eigenvalue weighted by Crippen LogP contribution is 2.13. The molecule has 1 aromatic rings. The molecule has 0 amide bonds. The van der Waals surface area contributed by atoms with E-state index in [9.17, 15) is 0 Å². The smallest absolute Gasteiger partial charge is 0.0925 e. The van der Waals surface area contributed by atoms with E-state index in [0.29, 0.717) is 6.04 Å². The van der Waals surface area contributed by atoms with Crippen LogP contribution in [0.4, 0.5) is 0 Å². The van der Waals surface area contributed by atoms with E-state index in [0.717, 1.165) is 18.9 Å². The largest absolute Gasteiger partial charge is 0.314 e. The van der Waals surface area contributed by atoms with Crippen molar-refractivity contribution >= 4 is 11.3 Å². The van der Waals surface area contributed by atoms with E-state index in [1.165, 1.54) is 24.3 Å². The van der Waals surface area contributed by atoms with Gasteiger partial charge in [-0.25, -0.2) is 4.98 Å². The zero-order valence-corrected chi connectivity index (χ0v) is 11.5. The summed E-state index contributed by atoms with van der Waals surface area (Å²) in [4.78, 5) is 4.34. The second-order valence-corrected chi connectivity index (χ2v) is 5.72. The second kappa shape index (κ2) is 7.80. The van der Waals surface area contributed by atoms with Gasteiger partial charge in [0.25, 0.3) is 0 Å². The molecule has 1 N–H and O–H groups in total. The molecule has 0 saturated heterocycles. The third-order valence-electron chi connectivity index (χ3n) is 2.63. The molecule has 16 heavy (non-hydrogen) atoms. The van der Waals surface area contributed by atoms with Crippen LogP contribution in [0.2, 0.25) is 0 Å². The van der Waals surface area contributed by atoms with E-state index in [1.807, 2.05) is 6.20 Å². The number of hydrogen-bond donors (Lipinski definition) is 1. The average molecular weight is 240 g/mol. The van der Waals surface area contributed by atoms with Crippen LogP contribution in [0.5, 0.6) is 0 Å². The van der Waals surface area contributed by atoms with Crippen LogP contribution in [-0.4, -0.2) is 17.6 Å². The van der Waals surface area contributed by atoms with Gasteiger partial charge < -0.3 is 5.32 Å². The topological polar surface area (TPSA) is 24.9 Å². The maximum Gasteiger partial charge on any atom is 0.0925 e. The number of aromatic nitrogens is 1. The van der Waals surface area contributed by atoms with Gasteiger partial charge in [0.15, 0.2) is 0 Å². The Morgan fingerprint density at radius 3 is 2.81 bits per heavy atom.